The van der Waals surface area contributed by atoms with Crippen molar-refractivity contribution < 1.29 is 9.84 Å². The molecule has 0 fully saturated rings. The largest absolute Gasteiger partial charge is 0.493 e. The van der Waals surface area contributed by atoms with E-state index in [1.54, 1.807) is 0 Å². The van der Waals surface area contributed by atoms with Gasteiger partial charge in [0.2, 0.25) is 0 Å². The van der Waals surface area contributed by atoms with Crippen molar-refractivity contribution in [1.29, 1.82) is 0 Å². The fourth-order valence-electron chi connectivity index (χ4n) is 1.57. The van der Waals surface area contributed by atoms with Crippen molar-refractivity contribution in [3.8, 4) is 5.75 Å². The van der Waals surface area contributed by atoms with E-state index in [0.717, 1.165) is 28.9 Å². The molecule has 0 aliphatic carbocycles. The predicted octanol–water partition coefficient (Wildman–Crippen LogP) is 2.96. The highest BCUT2D eigenvalue weighted by molar-refractivity contribution is 9.10. The van der Waals surface area contributed by atoms with Gasteiger partial charge in [-0.2, -0.15) is 0 Å². The van der Waals surface area contributed by atoms with Gasteiger partial charge in [0, 0.05) is 29.6 Å². The van der Waals surface area contributed by atoms with Gasteiger partial charge in [0.25, 0.3) is 0 Å². The van der Waals surface area contributed by atoms with Crippen LogP contribution >= 0.6 is 15.9 Å². The summed E-state index contributed by atoms with van der Waals surface area (Å²) in [6.45, 7) is 6.88. The number of aliphatic hydroxyl groups excluding tert-OH is 1. The van der Waals surface area contributed by atoms with Crippen LogP contribution in [0.4, 0.5) is 0 Å². The third-order valence-electron chi connectivity index (χ3n) is 2.45. The second-order valence-electron chi connectivity index (χ2n) is 4.70. The highest BCUT2D eigenvalue weighted by Crippen LogP contribution is 2.23. The van der Waals surface area contributed by atoms with E-state index in [1.165, 1.54) is 0 Å². The molecule has 0 aromatic heterocycles. The van der Waals surface area contributed by atoms with Crippen LogP contribution < -0.4 is 10.1 Å². The summed E-state index contributed by atoms with van der Waals surface area (Å²) < 4.78 is 6.72. The quantitative estimate of drug-likeness (QED) is 0.725. The summed E-state index contributed by atoms with van der Waals surface area (Å²) in [6.07, 6.45) is 0.662. The maximum absolute atomic E-state index is 8.76. The van der Waals surface area contributed by atoms with E-state index in [-0.39, 0.29) is 6.61 Å². The average molecular weight is 316 g/mol. The molecule has 1 aromatic rings. The molecule has 1 aromatic carbocycles. The molecule has 0 saturated carbocycles. The molecule has 0 atom stereocenters. The third kappa shape index (κ3) is 5.85. The Morgan fingerprint density at radius 1 is 1.39 bits per heavy atom. The number of hydrogen-bond donors (Lipinski definition) is 2. The monoisotopic (exact) mass is 315 g/mol. The van der Waals surface area contributed by atoms with E-state index < -0.39 is 0 Å². The molecule has 102 valence electrons. The van der Waals surface area contributed by atoms with Gasteiger partial charge >= 0.3 is 0 Å². The van der Waals surface area contributed by atoms with E-state index in [0.29, 0.717) is 18.9 Å². The van der Waals surface area contributed by atoms with Gasteiger partial charge in [-0.25, -0.2) is 0 Å². The van der Waals surface area contributed by atoms with Gasteiger partial charge < -0.3 is 15.2 Å². The minimum absolute atomic E-state index is 0.164. The van der Waals surface area contributed by atoms with E-state index >= 15 is 0 Å². The number of hydrogen-bond acceptors (Lipinski definition) is 3. The van der Waals surface area contributed by atoms with Crippen LogP contribution in [0.1, 0.15) is 25.8 Å². The van der Waals surface area contributed by atoms with Crippen LogP contribution in [0, 0.1) is 5.92 Å². The van der Waals surface area contributed by atoms with Crippen molar-refractivity contribution in [3.63, 3.8) is 0 Å². The van der Waals surface area contributed by atoms with Crippen LogP contribution in [-0.2, 0) is 6.54 Å². The first-order valence-electron chi connectivity index (χ1n) is 6.36. The lowest BCUT2D eigenvalue weighted by atomic mass is 10.2. The zero-order valence-electron chi connectivity index (χ0n) is 11.1. The van der Waals surface area contributed by atoms with Gasteiger partial charge in [-0.1, -0.05) is 29.8 Å². The van der Waals surface area contributed by atoms with Crippen LogP contribution in [0.25, 0.3) is 0 Å². The van der Waals surface area contributed by atoms with Gasteiger partial charge in [0.1, 0.15) is 5.75 Å². The zero-order valence-corrected chi connectivity index (χ0v) is 12.7. The van der Waals surface area contributed by atoms with Crippen molar-refractivity contribution in [1.82, 2.24) is 5.32 Å². The van der Waals surface area contributed by atoms with Crippen LogP contribution in [0.2, 0.25) is 0 Å². The molecule has 0 saturated heterocycles. The number of ether oxygens (including phenoxy) is 1. The van der Waals surface area contributed by atoms with Crippen molar-refractivity contribution in [2.45, 2.75) is 26.8 Å². The molecule has 4 heteroatoms. The van der Waals surface area contributed by atoms with Crippen molar-refractivity contribution in [3.05, 3.63) is 28.2 Å². The lowest BCUT2D eigenvalue weighted by Gasteiger charge is -2.13. The highest BCUT2D eigenvalue weighted by atomic mass is 79.9. The minimum Gasteiger partial charge on any atom is -0.493 e. The highest BCUT2D eigenvalue weighted by Gasteiger charge is 2.05. The smallest absolute Gasteiger partial charge is 0.123 e. The maximum Gasteiger partial charge on any atom is 0.123 e. The first kappa shape index (κ1) is 15.5. The molecule has 0 bridgehead atoms. The average Bonchev–Trinajstić information content (AvgIpc) is 2.31. The first-order chi connectivity index (χ1) is 8.63. The second-order valence-corrected chi connectivity index (χ2v) is 5.62. The summed E-state index contributed by atoms with van der Waals surface area (Å²) >= 11 is 3.48. The Labute approximate surface area is 118 Å². The molecule has 0 aliphatic rings. The van der Waals surface area contributed by atoms with Gasteiger partial charge in [0.15, 0.2) is 0 Å². The Morgan fingerprint density at radius 3 is 2.83 bits per heavy atom. The molecule has 2 N–H and O–H groups in total. The Bertz CT molecular complexity index is 356. The summed E-state index contributed by atoms with van der Waals surface area (Å²) in [7, 11) is 0. The summed E-state index contributed by atoms with van der Waals surface area (Å²) in [4.78, 5) is 0. The topological polar surface area (TPSA) is 41.5 Å². The second kappa shape index (κ2) is 8.51. The maximum atomic E-state index is 8.76. The number of rotatable bonds is 8. The molecular weight excluding hydrogens is 294 g/mol. The van der Waals surface area contributed by atoms with Crippen LogP contribution in [0.5, 0.6) is 5.75 Å². The van der Waals surface area contributed by atoms with Crippen molar-refractivity contribution in [2.75, 3.05) is 19.8 Å². The Hall–Kier alpha value is -0.580. The normalized spacial score (nSPS) is 10.9. The number of nitrogens with one attached hydrogen (secondary N) is 1. The van der Waals surface area contributed by atoms with Gasteiger partial charge in [-0.05, 0) is 30.7 Å². The molecule has 0 heterocycles. The lowest BCUT2D eigenvalue weighted by Crippen LogP contribution is -2.19. The predicted molar refractivity (Wildman–Crippen MR) is 77.9 cm³/mol. The van der Waals surface area contributed by atoms with E-state index in [4.69, 9.17) is 9.84 Å². The minimum atomic E-state index is 0.164. The molecule has 0 amide bonds. The molecule has 18 heavy (non-hydrogen) atoms. The molecule has 1 rings (SSSR count). The number of benzene rings is 1. The molecule has 0 aliphatic heterocycles. The summed E-state index contributed by atoms with van der Waals surface area (Å²) in [6, 6.07) is 6.01. The SMILES string of the molecule is CC(C)CNCc1cc(Br)ccc1OCCCO. The number of halogens is 1. The molecule has 0 spiro atoms. The fraction of sp³-hybridized carbons (Fsp3) is 0.571. The van der Waals surface area contributed by atoms with Gasteiger partial charge in [-0.3, -0.25) is 0 Å². The molecule has 0 radical (unpaired) electrons. The first-order valence-corrected chi connectivity index (χ1v) is 7.15. The Kier molecular flexibility index (Phi) is 7.32. The van der Waals surface area contributed by atoms with E-state index in [1.807, 2.05) is 12.1 Å². The zero-order chi connectivity index (χ0) is 13.4. The van der Waals surface area contributed by atoms with Crippen LogP contribution in [0.3, 0.4) is 0 Å². The Morgan fingerprint density at radius 2 is 2.17 bits per heavy atom. The lowest BCUT2D eigenvalue weighted by molar-refractivity contribution is 0.232. The summed E-state index contributed by atoms with van der Waals surface area (Å²) in [5, 5.41) is 12.2. The number of aliphatic hydroxyl groups is 1. The van der Waals surface area contributed by atoms with Crippen molar-refractivity contribution >= 4 is 15.9 Å². The third-order valence-corrected chi connectivity index (χ3v) is 2.94. The summed E-state index contributed by atoms with van der Waals surface area (Å²) in [5.74, 6) is 1.53. The van der Waals surface area contributed by atoms with Crippen LogP contribution in [0.15, 0.2) is 22.7 Å². The summed E-state index contributed by atoms with van der Waals surface area (Å²) in [5.41, 5.74) is 1.14. The fourth-order valence-corrected chi connectivity index (χ4v) is 1.98. The van der Waals surface area contributed by atoms with Crippen molar-refractivity contribution in [2.24, 2.45) is 5.92 Å². The standard InChI is InChI=1S/C14H22BrNO2/c1-11(2)9-16-10-12-8-13(15)4-5-14(12)18-7-3-6-17/h4-5,8,11,16-17H,3,6-7,9-10H2,1-2H3. The van der Waals surface area contributed by atoms with E-state index in [9.17, 15) is 0 Å². The van der Waals surface area contributed by atoms with Gasteiger partial charge in [0.05, 0.1) is 6.61 Å². The van der Waals surface area contributed by atoms with Gasteiger partial charge in [-0.15, -0.1) is 0 Å². The Balaban J connectivity index is 2.58. The van der Waals surface area contributed by atoms with E-state index in [2.05, 4.69) is 41.2 Å². The molecule has 3 nitrogen and oxygen atoms in total. The molecule has 0 unspecified atom stereocenters. The molecular formula is C14H22BrNO2. The van der Waals surface area contributed by atoms with Crippen LogP contribution in [-0.4, -0.2) is 24.9 Å².